The van der Waals surface area contributed by atoms with Gasteiger partial charge in [-0.15, -0.1) is 0 Å². The van der Waals surface area contributed by atoms with Gasteiger partial charge in [0.2, 0.25) is 0 Å². The Hall–Kier alpha value is -3.22. The second-order valence-corrected chi connectivity index (χ2v) is 6.08. The van der Waals surface area contributed by atoms with Crippen LogP contribution < -0.4 is 9.64 Å². The molecule has 0 unspecified atom stereocenters. The third-order valence-corrected chi connectivity index (χ3v) is 4.34. The molecule has 1 saturated heterocycles. The Morgan fingerprint density at radius 1 is 0.923 bits per heavy atom. The zero-order valence-corrected chi connectivity index (χ0v) is 14.3. The van der Waals surface area contributed by atoms with E-state index in [0.717, 1.165) is 24.3 Å². The number of para-hydroxylation sites is 1. The molecule has 7 heteroatoms. The van der Waals surface area contributed by atoms with Gasteiger partial charge < -0.3 is 14.5 Å². The van der Waals surface area contributed by atoms with Gasteiger partial charge in [0.05, 0.1) is 0 Å². The molecule has 2 aromatic heterocycles. The Morgan fingerprint density at radius 2 is 1.77 bits per heavy atom. The van der Waals surface area contributed by atoms with Gasteiger partial charge in [0.25, 0.3) is 0 Å². The predicted molar refractivity (Wildman–Crippen MR) is 98.2 cm³/mol. The molecule has 1 fully saturated rings. The number of hydrogen-bond acceptors (Lipinski definition) is 6. The lowest BCUT2D eigenvalue weighted by molar-refractivity contribution is 0.155. The van der Waals surface area contributed by atoms with E-state index >= 15 is 0 Å². The highest BCUT2D eigenvalue weighted by atomic mass is 16.6. The maximum atomic E-state index is 12.4. The number of rotatable bonds is 2. The normalized spacial score (nSPS) is 14.9. The van der Waals surface area contributed by atoms with Crippen molar-refractivity contribution in [1.29, 1.82) is 0 Å². The van der Waals surface area contributed by atoms with Crippen LogP contribution in [0.2, 0.25) is 0 Å². The van der Waals surface area contributed by atoms with E-state index in [1.165, 1.54) is 0 Å². The first-order valence-corrected chi connectivity index (χ1v) is 8.64. The van der Waals surface area contributed by atoms with E-state index in [9.17, 15) is 4.79 Å². The number of carbonyl (C=O) groups is 1. The summed E-state index contributed by atoms with van der Waals surface area (Å²) in [4.78, 5) is 29.4. The molecule has 1 aliphatic heterocycles. The van der Waals surface area contributed by atoms with E-state index in [2.05, 4.69) is 19.9 Å². The molecule has 132 valence electrons. The topological polar surface area (TPSA) is 71.5 Å². The van der Waals surface area contributed by atoms with E-state index in [0.29, 0.717) is 31.0 Å². The second kappa shape index (κ2) is 7.35. The molecule has 3 heterocycles. The van der Waals surface area contributed by atoms with Crippen molar-refractivity contribution < 1.29 is 9.53 Å². The minimum Gasteiger partial charge on any atom is -0.410 e. The van der Waals surface area contributed by atoms with E-state index in [1.807, 2.05) is 30.3 Å². The molecule has 0 radical (unpaired) electrons. The molecule has 0 saturated carbocycles. The lowest BCUT2D eigenvalue weighted by Crippen LogP contribution is -2.37. The van der Waals surface area contributed by atoms with Crippen molar-refractivity contribution in [3.05, 3.63) is 54.9 Å². The molecule has 26 heavy (non-hydrogen) atoms. The van der Waals surface area contributed by atoms with E-state index in [4.69, 9.17) is 4.74 Å². The van der Waals surface area contributed by atoms with Gasteiger partial charge >= 0.3 is 6.09 Å². The third kappa shape index (κ3) is 3.56. The minimum absolute atomic E-state index is 0.310. The summed E-state index contributed by atoms with van der Waals surface area (Å²) in [5.74, 6) is 1.42. The quantitative estimate of drug-likeness (QED) is 0.708. The third-order valence-electron chi connectivity index (χ3n) is 4.34. The molecule has 4 rings (SSSR count). The number of benzene rings is 1. The predicted octanol–water partition coefficient (Wildman–Crippen LogP) is 2.74. The summed E-state index contributed by atoms with van der Waals surface area (Å²) in [7, 11) is 0. The second-order valence-electron chi connectivity index (χ2n) is 6.08. The lowest BCUT2D eigenvalue weighted by Gasteiger charge is -2.22. The molecular weight excluding hydrogens is 330 g/mol. The highest BCUT2D eigenvalue weighted by Crippen LogP contribution is 2.18. The fraction of sp³-hybridized carbons (Fsp3) is 0.263. The number of ether oxygens (including phenoxy) is 1. The molecular formula is C19H19N5O2. The number of anilines is 1. The Kier molecular flexibility index (Phi) is 4.59. The van der Waals surface area contributed by atoms with E-state index in [1.54, 1.807) is 29.4 Å². The van der Waals surface area contributed by atoms with Crippen LogP contribution in [0, 0.1) is 0 Å². The lowest BCUT2D eigenvalue weighted by atomic mass is 10.3. The summed E-state index contributed by atoms with van der Waals surface area (Å²) in [6, 6.07) is 13.0. The van der Waals surface area contributed by atoms with Gasteiger partial charge in [0, 0.05) is 38.6 Å². The zero-order chi connectivity index (χ0) is 17.8. The van der Waals surface area contributed by atoms with Crippen LogP contribution in [-0.2, 0) is 0 Å². The maximum Gasteiger partial charge on any atom is 0.415 e. The standard InChI is InChI=1S/C19H19N5O2/c25-19(26-15-5-2-1-3-6-15)24-12-4-11-23(13-14-24)17-8-7-16-18(22-17)21-10-9-20-16/h1-3,5-10H,4,11-14H2. The number of carbonyl (C=O) groups excluding carboxylic acids is 1. The van der Waals surface area contributed by atoms with Crippen molar-refractivity contribution in [3.63, 3.8) is 0 Å². The van der Waals surface area contributed by atoms with Crippen LogP contribution in [0.1, 0.15) is 6.42 Å². The highest BCUT2D eigenvalue weighted by molar-refractivity contribution is 5.72. The van der Waals surface area contributed by atoms with E-state index in [-0.39, 0.29) is 6.09 Å². The molecule has 0 spiro atoms. The van der Waals surface area contributed by atoms with Crippen LogP contribution in [-0.4, -0.2) is 52.1 Å². The van der Waals surface area contributed by atoms with Gasteiger partial charge in [0.1, 0.15) is 17.1 Å². The van der Waals surface area contributed by atoms with Gasteiger partial charge in [-0.3, -0.25) is 4.98 Å². The van der Waals surface area contributed by atoms with Crippen molar-refractivity contribution in [2.75, 3.05) is 31.1 Å². The Labute approximate surface area is 151 Å². The fourth-order valence-corrected chi connectivity index (χ4v) is 3.00. The summed E-state index contributed by atoms with van der Waals surface area (Å²) >= 11 is 0. The van der Waals surface area contributed by atoms with Crippen LogP contribution in [0.25, 0.3) is 11.2 Å². The molecule has 0 bridgehead atoms. The molecule has 1 amide bonds. The number of nitrogens with zero attached hydrogens (tertiary/aromatic N) is 5. The molecule has 1 aromatic carbocycles. The van der Waals surface area contributed by atoms with E-state index < -0.39 is 0 Å². The van der Waals surface area contributed by atoms with Crippen LogP contribution in [0.3, 0.4) is 0 Å². The summed E-state index contributed by atoms with van der Waals surface area (Å²) < 4.78 is 5.44. The molecule has 1 aliphatic rings. The van der Waals surface area contributed by atoms with Crippen LogP contribution >= 0.6 is 0 Å². The van der Waals surface area contributed by atoms with Gasteiger partial charge in [-0.05, 0) is 30.7 Å². The molecule has 7 nitrogen and oxygen atoms in total. The van der Waals surface area contributed by atoms with Crippen LogP contribution in [0.5, 0.6) is 5.75 Å². The summed E-state index contributed by atoms with van der Waals surface area (Å²) in [5, 5.41) is 0. The van der Waals surface area contributed by atoms with Crippen molar-refractivity contribution in [2.24, 2.45) is 0 Å². The Balaban J connectivity index is 1.43. The summed E-state index contributed by atoms with van der Waals surface area (Å²) in [6.07, 6.45) is 3.84. The maximum absolute atomic E-state index is 12.4. The average Bonchev–Trinajstić information content (AvgIpc) is 2.95. The first-order valence-electron chi connectivity index (χ1n) is 8.64. The van der Waals surface area contributed by atoms with Gasteiger partial charge in [0.15, 0.2) is 5.65 Å². The minimum atomic E-state index is -0.310. The molecule has 3 aromatic rings. The van der Waals surface area contributed by atoms with Crippen LogP contribution in [0.15, 0.2) is 54.9 Å². The molecule has 0 N–H and O–H groups in total. The fourth-order valence-electron chi connectivity index (χ4n) is 3.00. The smallest absolute Gasteiger partial charge is 0.410 e. The number of pyridine rings is 1. The molecule has 0 atom stereocenters. The van der Waals surface area contributed by atoms with Crippen LogP contribution in [0.4, 0.5) is 10.6 Å². The van der Waals surface area contributed by atoms with Crippen molar-refractivity contribution >= 4 is 23.1 Å². The first kappa shape index (κ1) is 16.3. The SMILES string of the molecule is O=C(Oc1ccccc1)N1CCCN(c2ccc3nccnc3n2)CC1. The van der Waals surface area contributed by atoms with Crippen molar-refractivity contribution in [3.8, 4) is 5.75 Å². The average molecular weight is 349 g/mol. The van der Waals surface area contributed by atoms with Crippen molar-refractivity contribution in [1.82, 2.24) is 19.9 Å². The Bertz CT molecular complexity index is 903. The first-order chi connectivity index (χ1) is 12.8. The monoisotopic (exact) mass is 349 g/mol. The largest absolute Gasteiger partial charge is 0.415 e. The van der Waals surface area contributed by atoms with Gasteiger partial charge in [-0.1, -0.05) is 18.2 Å². The zero-order valence-electron chi connectivity index (χ0n) is 14.3. The van der Waals surface area contributed by atoms with Gasteiger partial charge in [-0.25, -0.2) is 14.8 Å². The summed E-state index contributed by atoms with van der Waals surface area (Å²) in [5.41, 5.74) is 1.41. The number of amides is 1. The number of hydrogen-bond donors (Lipinski definition) is 0. The number of fused-ring (bicyclic) bond motifs is 1. The Morgan fingerprint density at radius 3 is 2.65 bits per heavy atom. The summed E-state index contributed by atoms with van der Waals surface area (Å²) in [6.45, 7) is 2.78. The van der Waals surface area contributed by atoms with Gasteiger partial charge in [-0.2, -0.15) is 0 Å². The van der Waals surface area contributed by atoms with Crippen molar-refractivity contribution in [2.45, 2.75) is 6.42 Å². The molecule has 0 aliphatic carbocycles. The number of aromatic nitrogens is 3. The highest BCUT2D eigenvalue weighted by Gasteiger charge is 2.21.